The number of carbonyl (C=O) groups is 1. The molecule has 21 heavy (non-hydrogen) atoms. The number of furan rings is 1. The fraction of sp³-hybridized carbons (Fsp3) is 0.267. The minimum atomic E-state index is -0.288. The van der Waals surface area contributed by atoms with Gasteiger partial charge in [0.2, 0.25) is 0 Å². The SMILES string of the molecule is COc1ccc(CNC(=O)c2ccc(CN)o2)cc1OC. The van der Waals surface area contributed by atoms with E-state index in [1.165, 1.54) is 0 Å². The van der Waals surface area contributed by atoms with Crippen LogP contribution in [-0.4, -0.2) is 20.1 Å². The van der Waals surface area contributed by atoms with Gasteiger partial charge in [0, 0.05) is 6.54 Å². The fourth-order valence-electron chi connectivity index (χ4n) is 1.87. The van der Waals surface area contributed by atoms with E-state index in [1.807, 2.05) is 12.1 Å². The molecular weight excluding hydrogens is 272 g/mol. The van der Waals surface area contributed by atoms with E-state index in [0.717, 1.165) is 5.56 Å². The minimum absolute atomic E-state index is 0.246. The standard InChI is InChI=1S/C15H18N2O4/c1-19-12-5-3-10(7-14(12)20-2)9-17-15(18)13-6-4-11(8-16)21-13/h3-7H,8-9,16H2,1-2H3,(H,17,18). The highest BCUT2D eigenvalue weighted by Gasteiger charge is 2.11. The first kappa shape index (κ1) is 14.9. The van der Waals surface area contributed by atoms with E-state index in [1.54, 1.807) is 32.4 Å². The lowest BCUT2D eigenvalue weighted by molar-refractivity contribution is 0.0921. The van der Waals surface area contributed by atoms with E-state index in [2.05, 4.69) is 5.32 Å². The Bertz CT molecular complexity index is 622. The summed E-state index contributed by atoms with van der Waals surface area (Å²) in [5.41, 5.74) is 6.33. The molecule has 0 unspecified atom stereocenters. The first-order valence-electron chi connectivity index (χ1n) is 6.45. The predicted octanol–water partition coefficient (Wildman–Crippen LogP) is 1.69. The molecule has 0 atom stereocenters. The highest BCUT2D eigenvalue weighted by molar-refractivity contribution is 5.91. The van der Waals surface area contributed by atoms with Crippen LogP contribution in [0.1, 0.15) is 21.9 Å². The van der Waals surface area contributed by atoms with Gasteiger partial charge in [0.05, 0.1) is 20.8 Å². The molecule has 0 saturated heterocycles. The minimum Gasteiger partial charge on any atom is -0.493 e. The second-order valence-electron chi connectivity index (χ2n) is 4.34. The number of amides is 1. The molecule has 2 aromatic rings. The van der Waals surface area contributed by atoms with Crippen molar-refractivity contribution in [3.05, 3.63) is 47.4 Å². The average Bonchev–Trinajstić information content (AvgIpc) is 3.01. The van der Waals surface area contributed by atoms with Crippen molar-refractivity contribution < 1.29 is 18.7 Å². The third-order valence-electron chi connectivity index (χ3n) is 2.99. The van der Waals surface area contributed by atoms with Crippen molar-refractivity contribution >= 4 is 5.91 Å². The largest absolute Gasteiger partial charge is 0.493 e. The summed E-state index contributed by atoms with van der Waals surface area (Å²) in [6, 6.07) is 8.75. The first-order valence-corrected chi connectivity index (χ1v) is 6.45. The third-order valence-corrected chi connectivity index (χ3v) is 2.99. The molecule has 6 nitrogen and oxygen atoms in total. The van der Waals surface area contributed by atoms with Gasteiger partial charge in [-0.05, 0) is 29.8 Å². The Morgan fingerprint density at radius 2 is 1.95 bits per heavy atom. The number of carbonyl (C=O) groups excluding carboxylic acids is 1. The molecular formula is C15H18N2O4. The van der Waals surface area contributed by atoms with Crippen molar-refractivity contribution in [3.8, 4) is 11.5 Å². The van der Waals surface area contributed by atoms with Crippen molar-refractivity contribution in [2.45, 2.75) is 13.1 Å². The van der Waals surface area contributed by atoms with Gasteiger partial charge in [0.25, 0.3) is 5.91 Å². The molecule has 1 heterocycles. The van der Waals surface area contributed by atoms with Gasteiger partial charge in [-0.3, -0.25) is 4.79 Å². The molecule has 0 spiro atoms. The molecule has 0 aliphatic heterocycles. The normalized spacial score (nSPS) is 10.2. The van der Waals surface area contributed by atoms with Crippen molar-refractivity contribution in [1.29, 1.82) is 0 Å². The lowest BCUT2D eigenvalue weighted by Crippen LogP contribution is -2.22. The van der Waals surface area contributed by atoms with Gasteiger partial charge in [0.15, 0.2) is 17.3 Å². The Morgan fingerprint density at radius 3 is 2.57 bits per heavy atom. The van der Waals surface area contributed by atoms with Gasteiger partial charge >= 0.3 is 0 Å². The molecule has 2 rings (SSSR count). The van der Waals surface area contributed by atoms with E-state index in [-0.39, 0.29) is 18.2 Å². The molecule has 1 aromatic heterocycles. The van der Waals surface area contributed by atoms with Crippen LogP contribution in [0.2, 0.25) is 0 Å². The molecule has 3 N–H and O–H groups in total. The average molecular weight is 290 g/mol. The van der Waals surface area contributed by atoms with Gasteiger partial charge in [-0.15, -0.1) is 0 Å². The van der Waals surface area contributed by atoms with Gasteiger partial charge < -0.3 is 24.9 Å². The van der Waals surface area contributed by atoms with Crippen molar-refractivity contribution in [2.24, 2.45) is 5.73 Å². The highest BCUT2D eigenvalue weighted by atomic mass is 16.5. The maximum absolute atomic E-state index is 11.9. The van der Waals surface area contributed by atoms with Gasteiger partial charge in [-0.25, -0.2) is 0 Å². The Balaban J connectivity index is 2.00. The predicted molar refractivity (Wildman–Crippen MR) is 77.3 cm³/mol. The Hall–Kier alpha value is -2.47. The molecule has 0 aliphatic rings. The summed E-state index contributed by atoms with van der Waals surface area (Å²) in [5.74, 6) is 1.80. The van der Waals surface area contributed by atoms with Crippen LogP contribution in [0.15, 0.2) is 34.7 Å². The van der Waals surface area contributed by atoms with E-state index in [4.69, 9.17) is 19.6 Å². The zero-order valence-electron chi connectivity index (χ0n) is 12.0. The number of hydrogen-bond acceptors (Lipinski definition) is 5. The van der Waals surface area contributed by atoms with Crippen LogP contribution >= 0.6 is 0 Å². The number of benzene rings is 1. The molecule has 0 saturated carbocycles. The second kappa shape index (κ2) is 6.81. The number of ether oxygens (including phenoxy) is 2. The number of nitrogens with one attached hydrogen (secondary N) is 1. The quantitative estimate of drug-likeness (QED) is 0.845. The topological polar surface area (TPSA) is 86.7 Å². The van der Waals surface area contributed by atoms with E-state index in [9.17, 15) is 4.79 Å². The smallest absolute Gasteiger partial charge is 0.287 e. The van der Waals surface area contributed by atoms with Crippen molar-refractivity contribution in [3.63, 3.8) is 0 Å². The van der Waals surface area contributed by atoms with Gasteiger partial charge in [-0.2, -0.15) is 0 Å². The van der Waals surface area contributed by atoms with Crippen LogP contribution in [0.3, 0.4) is 0 Å². The molecule has 0 aliphatic carbocycles. The molecule has 0 radical (unpaired) electrons. The molecule has 112 valence electrons. The number of rotatable bonds is 6. The summed E-state index contributed by atoms with van der Waals surface area (Å²) in [6.45, 7) is 0.626. The number of hydrogen-bond donors (Lipinski definition) is 2. The third kappa shape index (κ3) is 3.55. The summed E-state index contributed by atoms with van der Waals surface area (Å²) in [6.07, 6.45) is 0. The first-order chi connectivity index (χ1) is 10.2. The highest BCUT2D eigenvalue weighted by Crippen LogP contribution is 2.27. The Morgan fingerprint density at radius 1 is 1.19 bits per heavy atom. The van der Waals surface area contributed by atoms with Gasteiger partial charge in [0.1, 0.15) is 5.76 Å². The number of methoxy groups -OCH3 is 2. The van der Waals surface area contributed by atoms with Crippen LogP contribution in [0, 0.1) is 0 Å². The van der Waals surface area contributed by atoms with E-state index >= 15 is 0 Å². The summed E-state index contributed by atoms with van der Waals surface area (Å²) >= 11 is 0. The van der Waals surface area contributed by atoms with E-state index < -0.39 is 0 Å². The lowest BCUT2D eigenvalue weighted by Gasteiger charge is -2.10. The van der Waals surface area contributed by atoms with Crippen LogP contribution in [-0.2, 0) is 13.1 Å². The maximum Gasteiger partial charge on any atom is 0.287 e. The zero-order valence-corrected chi connectivity index (χ0v) is 12.0. The summed E-state index contributed by atoms with van der Waals surface area (Å²) in [5, 5.41) is 2.77. The van der Waals surface area contributed by atoms with Gasteiger partial charge in [-0.1, -0.05) is 6.07 Å². The fourth-order valence-corrected chi connectivity index (χ4v) is 1.87. The Labute approximate surface area is 122 Å². The second-order valence-corrected chi connectivity index (χ2v) is 4.34. The van der Waals surface area contributed by atoms with Crippen LogP contribution < -0.4 is 20.5 Å². The molecule has 0 bridgehead atoms. The summed E-state index contributed by atoms with van der Waals surface area (Å²) < 4.78 is 15.7. The van der Waals surface area contributed by atoms with E-state index in [0.29, 0.717) is 23.8 Å². The monoisotopic (exact) mass is 290 g/mol. The summed E-state index contributed by atoms with van der Waals surface area (Å²) in [4.78, 5) is 11.9. The molecule has 1 aromatic carbocycles. The number of nitrogens with two attached hydrogens (primary N) is 1. The molecule has 6 heteroatoms. The summed E-state index contributed by atoms with van der Waals surface area (Å²) in [7, 11) is 3.14. The lowest BCUT2D eigenvalue weighted by atomic mass is 10.2. The van der Waals surface area contributed by atoms with Crippen LogP contribution in [0.5, 0.6) is 11.5 Å². The van der Waals surface area contributed by atoms with Crippen molar-refractivity contribution in [2.75, 3.05) is 14.2 Å². The maximum atomic E-state index is 11.9. The molecule has 1 amide bonds. The molecule has 0 fully saturated rings. The van der Waals surface area contributed by atoms with Crippen LogP contribution in [0.25, 0.3) is 0 Å². The van der Waals surface area contributed by atoms with Crippen molar-refractivity contribution in [1.82, 2.24) is 5.32 Å². The Kier molecular flexibility index (Phi) is 4.84. The van der Waals surface area contributed by atoms with Crippen LogP contribution in [0.4, 0.5) is 0 Å². The zero-order chi connectivity index (χ0) is 15.2.